The number of rotatable bonds is 1. The Hall–Kier alpha value is -1.09. The maximum atomic E-state index is 9.34. The third-order valence-corrected chi connectivity index (χ3v) is 2.74. The summed E-state index contributed by atoms with van der Waals surface area (Å²) in [5.74, 6) is -0.179. The largest absolute Gasteiger partial charge is 0.505 e. The Bertz CT molecular complexity index is 447. The van der Waals surface area contributed by atoms with Crippen LogP contribution in [0, 0.1) is 11.5 Å². The van der Waals surface area contributed by atoms with Gasteiger partial charge in [0.2, 0.25) is 0 Å². The Morgan fingerprint density at radius 1 is 1.50 bits per heavy atom. The molecular weight excluding hydrogens is 269 g/mol. The summed E-state index contributed by atoms with van der Waals surface area (Å²) in [6, 6.07) is 2.91. The summed E-state index contributed by atoms with van der Waals surface area (Å²) in [5.41, 5.74) is 0.458. The first-order valence-corrected chi connectivity index (χ1v) is 6.02. The number of halogens is 2. The molecule has 0 saturated heterocycles. The van der Waals surface area contributed by atoms with Crippen molar-refractivity contribution in [3.8, 4) is 11.9 Å². The standard InChI is InChI=1S/C9H7Cl2N3OS/c1-16-9(13-4-12)14-5-2-6(10)8(15)7(11)3-5/h2-3,15H,1H3,(H,13,14). The zero-order chi connectivity index (χ0) is 12.1. The highest BCUT2D eigenvalue weighted by molar-refractivity contribution is 8.13. The number of nitrogens with zero attached hydrogens (tertiary/aromatic N) is 2. The Kier molecular flexibility index (Phi) is 4.74. The van der Waals surface area contributed by atoms with Gasteiger partial charge in [0.15, 0.2) is 17.1 Å². The molecule has 0 radical (unpaired) electrons. The van der Waals surface area contributed by atoms with Crippen LogP contribution in [0.1, 0.15) is 0 Å². The highest BCUT2D eigenvalue weighted by atomic mass is 35.5. The van der Waals surface area contributed by atoms with E-state index in [4.69, 9.17) is 28.5 Å². The van der Waals surface area contributed by atoms with Crippen LogP contribution in [0.15, 0.2) is 17.1 Å². The van der Waals surface area contributed by atoms with Crippen molar-refractivity contribution in [3.05, 3.63) is 22.2 Å². The molecule has 84 valence electrons. The molecular formula is C9H7Cl2N3OS. The molecule has 1 aromatic carbocycles. The number of aromatic hydroxyl groups is 1. The summed E-state index contributed by atoms with van der Waals surface area (Å²) in [4.78, 5) is 4.10. The minimum absolute atomic E-state index is 0.115. The lowest BCUT2D eigenvalue weighted by Crippen LogP contribution is -2.12. The van der Waals surface area contributed by atoms with Crippen LogP contribution in [0.25, 0.3) is 0 Å². The summed E-state index contributed by atoms with van der Waals surface area (Å²) in [6.07, 6.45) is 3.53. The second-order valence-electron chi connectivity index (χ2n) is 2.62. The van der Waals surface area contributed by atoms with Crippen molar-refractivity contribution in [1.82, 2.24) is 5.32 Å². The minimum atomic E-state index is -0.179. The third kappa shape index (κ3) is 3.20. The molecule has 4 nitrogen and oxygen atoms in total. The normalized spacial score (nSPS) is 11.0. The van der Waals surface area contributed by atoms with Crippen molar-refractivity contribution >= 4 is 45.8 Å². The van der Waals surface area contributed by atoms with Crippen molar-refractivity contribution in [2.75, 3.05) is 6.26 Å². The Labute approximate surface area is 107 Å². The quantitative estimate of drug-likeness (QED) is 0.358. The number of aliphatic imine (C=N–C) groups is 1. The minimum Gasteiger partial charge on any atom is -0.505 e. The van der Waals surface area contributed by atoms with E-state index in [9.17, 15) is 5.11 Å². The molecule has 0 aromatic heterocycles. The van der Waals surface area contributed by atoms with E-state index in [2.05, 4.69) is 10.3 Å². The molecule has 1 aromatic rings. The molecule has 7 heteroatoms. The average Bonchev–Trinajstić information content (AvgIpc) is 2.25. The van der Waals surface area contributed by atoms with Crippen molar-refractivity contribution in [2.45, 2.75) is 0 Å². The van der Waals surface area contributed by atoms with E-state index in [-0.39, 0.29) is 15.8 Å². The maximum absolute atomic E-state index is 9.34. The number of nitriles is 1. The van der Waals surface area contributed by atoms with Gasteiger partial charge in [-0.15, -0.1) is 0 Å². The summed E-state index contributed by atoms with van der Waals surface area (Å²) in [7, 11) is 0. The number of thioether (sulfide) groups is 1. The van der Waals surface area contributed by atoms with Crippen molar-refractivity contribution in [3.63, 3.8) is 0 Å². The summed E-state index contributed by atoms with van der Waals surface area (Å²) in [6.45, 7) is 0. The SMILES string of the molecule is CSC(=Nc1cc(Cl)c(O)c(Cl)c1)NC#N. The fraction of sp³-hybridized carbons (Fsp3) is 0.111. The predicted molar refractivity (Wildman–Crippen MR) is 67.5 cm³/mol. The van der Waals surface area contributed by atoms with Crippen LogP contribution >= 0.6 is 35.0 Å². The van der Waals surface area contributed by atoms with Gasteiger partial charge in [-0.2, -0.15) is 5.26 Å². The molecule has 0 aliphatic heterocycles. The van der Waals surface area contributed by atoms with E-state index in [0.717, 1.165) is 0 Å². The van der Waals surface area contributed by atoms with Crippen molar-refractivity contribution in [2.24, 2.45) is 4.99 Å². The van der Waals surface area contributed by atoms with Crippen LogP contribution in [-0.4, -0.2) is 16.5 Å². The number of phenolic OH excluding ortho intramolecular Hbond substituents is 1. The van der Waals surface area contributed by atoms with Gasteiger partial charge in [0.1, 0.15) is 0 Å². The Morgan fingerprint density at radius 2 is 2.06 bits per heavy atom. The van der Waals surface area contributed by atoms with E-state index in [1.807, 2.05) is 0 Å². The van der Waals surface area contributed by atoms with Crippen LogP contribution in [0.5, 0.6) is 5.75 Å². The highest BCUT2D eigenvalue weighted by Crippen LogP contribution is 2.35. The van der Waals surface area contributed by atoms with Gasteiger partial charge in [0, 0.05) is 0 Å². The van der Waals surface area contributed by atoms with Crippen LogP contribution < -0.4 is 5.32 Å². The Balaban J connectivity index is 3.11. The van der Waals surface area contributed by atoms with E-state index in [1.165, 1.54) is 23.9 Å². The highest BCUT2D eigenvalue weighted by Gasteiger charge is 2.06. The zero-order valence-corrected chi connectivity index (χ0v) is 10.5. The lowest BCUT2D eigenvalue weighted by molar-refractivity contribution is 0.476. The molecule has 0 aliphatic carbocycles. The second kappa shape index (κ2) is 5.85. The molecule has 0 saturated carbocycles. The Morgan fingerprint density at radius 3 is 2.50 bits per heavy atom. The number of nitrogens with one attached hydrogen (secondary N) is 1. The van der Waals surface area contributed by atoms with E-state index >= 15 is 0 Å². The van der Waals surface area contributed by atoms with Gasteiger partial charge in [-0.3, -0.25) is 5.32 Å². The summed E-state index contributed by atoms with van der Waals surface area (Å²) in [5, 5.41) is 20.8. The predicted octanol–water partition coefficient (Wildman–Crippen LogP) is 3.12. The van der Waals surface area contributed by atoms with Gasteiger partial charge in [0.05, 0.1) is 15.7 Å². The summed E-state index contributed by atoms with van der Waals surface area (Å²) >= 11 is 12.7. The van der Waals surface area contributed by atoms with Gasteiger partial charge in [-0.25, -0.2) is 4.99 Å². The topological polar surface area (TPSA) is 68.4 Å². The lowest BCUT2D eigenvalue weighted by atomic mass is 10.3. The van der Waals surface area contributed by atoms with E-state index in [1.54, 1.807) is 12.4 Å². The van der Waals surface area contributed by atoms with Crippen molar-refractivity contribution in [1.29, 1.82) is 5.26 Å². The molecule has 0 bridgehead atoms. The molecule has 0 heterocycles. The molecule has 16 heavy (non-hydrogen) atoms. The third-order valence-electron chi connectivity index (χ3n) is 1.59. The number of benzene rings is 1. The lowest BCUT2D eigenvalue weighted by Gasteiger charge is -2.03. The average molecular weight is 276 g/mol. The fourth-order valence-corrected chi connectivity index (χ4v) is 1.73. The zero-order valence-electron chi connectivity index (χ0n) is 8.16. The van der Waals surface area contributed by atoms with Crippen LogP contribution in [0.3, 0.4) is 0 Å². The number of phenols is 1. The molecule has 0 spiro atoms. The first kappa shape index (κ1) is 13.0. The van der Waals surface area contributed by atoms with Gasteiger partial charge >= 0.3 is 0 Å². The smallest absolute Gasteiger partial charge is 0.183 e. The fourth-order valence-electron chi connectivity index (χ4n) is 0.906. The molecule has 0 unspecified atom stereocenters. The van der Waals surface area contributed by atoms with Gasteiger partial charge in [0.25, 0.3) is 0 Å². The van der Waals surface area contributed by atoms with Crippen LogP contribution in [-0.2, 0) is 0 Å². The van der Waals surface area contributed by atoms with Crippen LogP contribution in [0.2, 0.25) is 10.0 Å². The van der Waals surface area contributed by atoms with Gasteiger partial charge < -0.3 is 5.11 Å². The number of hydrogen-bond acceptors (Lipinski definition) is 4. The number of hydrogen-bond donors (Lipinski definition) is 2. The molecule has 0 fully saturated rings. The van der Waals surface area contributed by atoms with Crippen molar-refractivity contribution < 1.29 is 5.11 Å². The molecule has 0 amide bonds. The molecule has 2 N–H and O–H groups in total. The first-order valence-electron chi connectivity index (χ1n) is 4.04. The van der Waals surface area contributed by atoms with Gasteiger partial charge in [-0.1, -0.05) is 35.0 Å². The molecule has 0 aliphatic rings. The second-order valence-corrected chi connectivity index (χ2v) is 4.23. The molecule has 0 atom stereocenters. The van der Waals surface area contributed by atoms with E-state index < -0.39 is 0 Å². The summed E-state index contributed by atoms with van der Waals surface area (Å²) < 4.78 is 0. The van der Waals surface area contributed by atoms with Gasteiger partial charge in [-0.05, 0) is 18.4 Å². The number of amidine groups is 1. The van der Waals surface area contributed by atoms with E-state index in [0.29, 0.717) is 10.9 Å². The maximum Gasteiger partial charge on any atom is 0.183 e. The first-order chi connectivity index (χ1) is 7.58. The monoisotopic (exact) mass is 275 g/mol. The molecule has 1 rings (SSSR count). The van der Waals surface area contributed by atoms with Crippen LogP contribution in [0.4, 0.5) is 5.69 Å².